The number of halogens is 1. The molecule has 4 rings (SSSR count). The largest absolute Gasteiger partial charge is 0.327 e. The minimum atomic E-state index is 0.711. The second-order valence-electron chi connectivity index (χ2n) is 5.25. The standard InChI is InChI=1S/C14H14BrN7S.C2H6/c1-8-11(15)14(23-20-8)19-12-13-17-6-10(22(13)4-3-16-12)9-5-18-21(2)7-9;1-2/h3-4,6-7,18H,5H2,1-2H3,(H,16,19);1-2H3. The average molecular weight is 422 g/mol. The number of nitrogens with zero attached hydrogens (tertiary/aromatic N) is 5. The molecule has 0 aliphatic carbocycles. The van der Waals surface area contributed by atoms with E-state index < -0.39 is 0 Å². The lowest BCUT2D eigenvalue weighted by atomic mass is 10.2. The molecule has 132 valence electrons. The summed E-state index contributed by atoms with van der Waals surface area (Å²) in [4.78, 5) is 8.97. The highest BCUT2D eigenvalue weighted by molar-refractivity contribution is 9.10. The molecule has 0 fully saturated rings. The van der Waals surface area contributed by atoms with Gasteiger partial charge in [0.1, 0.15) is 5.00 Å². The minimum absolute atomic E-state index is 0.711. The van der Waals surface area contributed by atoms with Gasteiger partial charge in [0.2, 0.25) is 0 Å². The van der Waals surface area contributed by atoms with Crippen LogP contribution in [0.25, 0.3) is 11.2 Å². The molecule has 0 amide bonds. The summed E-state index contributed by atoms with van der Waals surface area (Å²) in [7, 11) is 1.98. The molecule has 1 aliphatic heterocycles. The van der Waals surface area contributed by atoms with E-state index in [0.717, 1.165) is 33.1 Å². The van der Waals surface area contributed by atoms with Crippen molar-refractivity contribution in [2.45, 2.75) is 20.8 Å². The molecule has 4 heterocycles. The monoisotopic (exact) mass is 421 g/mol. The maximum atomic E-state index is 4.54. The highest BCUT2D eigenvalue weighted by Crippen LogP contribution is 2.33. The summed E-state index contributed by atoms with van der Waals surface area (Å²) < 4.78 is 7.33. The first kappa shape index (κ1) is 17.8. The molecule has 0 unspecified atom stereocenters. The molecule has 3 aromatic rings. The van der Waals surface area contributed by atoms with Crippen LogP contribution in [0.2, 0.25) is 0 Å². The van der Waals surface area contributed by atoms with Gasteiger partial charge in [-0.3, -0.25) is 4.40 Å². The van der Waals surface area contributed by atoms with Crippen LogP contribution in [0.4, 0.5) is 10.8 Å². The molecule has 0 atom stereocenters. The van der Waals surface area contributed by atoms with Crippen molar-refractivity contribution in [3.8, 4) is 0 Å². The molecule has 1 aliphatic rings. The summed E-state index contributed by atoms with van der Waals surface area (Å²) in [6, 6.07) is 0. The Hall–Kier alpha value is -1.97. The molecule has 0 aromatic carbocycles. The highest BCUT2D eigenvalue weighted by Gasteiger charge is 2.17. The fraction of sp³-hybridized carbons (Fsp3) is 0.312. The smallest absolute Gasteiger partial charge is 0.180 e. The zero-order valence-electron chi connectivity index (χ0n) is 14.5. The first-order valence-corrected chi connectivity index (χ1v) is 9.58. The predicted molar refractivity (Wildman–Crippen MR) is 106 cm³/mol. The fourth-order valence-corrected chi connectivity index (χ4v) is 3.69. The van der Waals surface area contributed by atoms with Crippen LogP contribution >= 0.6 is 27.5 Å². The molecular formula is C16H20BrN7S. The Morgan fingerprint density at radius 2 is 2.12 bits per heavy atom. The van der Waals surface area contributed by atoms with Crippen LogP contribution < -0.4 is 10.7 Å². The lowest BCUT2D eigenvalue weighted by molar-refractivity contribution is 0.374. The molecule has 2 N–H and O–H groups in total. The van der Waals surface area contributed by atoms with Crippen LogP contribution in [0.5, 0.6) is 0 Å². The topological polar surface area (TPSA) is 70.4 Å². The molecule has 7 nitrogen and oxygen atoms in total. The van der Waals surface area contributed by atoms with E-state index in [1.807, 2.05) is 49.6 Å². The maximum absolute atomic E-state index is 4.54. The van der Waals surface area contributed by atoms with Crippen molar-refractivity contribution in [2.24, 2.45) is 0 Å². The van der Waals surface area contributed by atoms with E-state index in [1.165, 1.54) is 17.1 Å². The third kappa shape index (κ3) is 3.39. The molecule has 25 heavy (non-hydrogen) atoms. The Labute approximate surface area is 159 Å². The maximum Gasteiger partial charge on any atom is 0.180 e. The van der Waals surface area contributed by atoms with Crippen LogP contribution in [0.1, 0.15) is 25.2 Å². The normalized spacial score (nSPS) is 13.6. The number of anilines is 2. The average Bonchev–Trinajstić information content (AvgIpc) is 3.32. The van der Waals surface area contributed by atoms with Crippen molar-refractivity contribution in [3.05, 3.63) is 40.7 Å². The number of hydrazine groups is 1. The third-order valence-corrected chi connectivity index (χ3v) is 5.73. The SMILES string of the molecule is CC.Cc1nsc(Nc2nccn3c(C4=CN(C)NC4)cnc23)c1Br. The first-order valence-electron chi connectivity index (χ1n) is 8.02. The second-order valence-corrected chi connectivity index (χ2v) is 6.82. The number of rotatable bonds is 3. The molecule has 0 saturated heterocycles. The molecule has 3 aromatic heterocycles. The lowest BCUT2D eigenvalue weighted by Gasteiger charge is -2.06. The van der Waals surface area contributed by atoms with Crippen molar-refractivity contribution in [2.75, 3.05) is 18.9 Å². The Bertz CT molecular complexity index is 914. The summed E-state index contributed by atoms with van der Waals surface area (Å²) in [6.07, 6.45) is 7.64. The van der Waals surface area contributed by atoms with Gasteiger partial charge in [0.05, 0.1) is 22.1 Å². The Morgan fingerprint density at radius 3 is 2.76 bits per heavy atom. The van der Waals surface area contributed by atoms with Gasteiger partial charge in [0.15, 0.2) is 11.5 Å². The Morgan fingerprint density at radius 1 is 1.32 bits per heavy atom. The van der Waals surface area contributed by atoms with Gasteiger partial charge in [-0.2, -0.15) is 4.37 Å². The number of fused-ring (bicyclic) bond motifs is 1. The molecule has 0 bridgehead atoms. The van der Waals surface area contributed by atoms with Gasteiger partial charge in [0, 0.05) is 37.8 Å². The van der Waals surface area contributed by atoms with Gasteiger partial charge in [-0.25, -0.2) is 15.4 Å². The highest BCUT2D eigenvalue weighted by atomic mass is 79.9. The summed E-state index contributed by atoms with van der Waals surface area (Å²) in [5, 5.41) is 6.19. The summed E-state index contributed by atoms with van der Waals surface area (Å²) >= 11 is 4.94. The van der Waals surface area contributed by atoms with E-state index in [4.69, 9.17) is 0 Å². The lowest BCUT2D eigenvalue weighted by Crippen LogP contribution is -2.23. The zero-order valence-corrected chi connectivity index (χ0v) is 16.9. The van der Waals surface area contributed by atoms with Gasteiger partial charge < -0.3 is 10.3 Å². The van der Waals surface area contributed by atoms with E-state index in [2.05, 4.69) is 47.2 Å². The van der Waals surface area contributed by atoms with Gasteiger partial charge in [-0.05, 0) is 34.4 Å². The van der Waals surface area contributed by atoms with Crippen molar-refractivity contribution < 1.29 is 0 Å². The minimum Gasteiger partial charge on any atom is -0.327 e. The Balaban J connectivity index is 0.000000880. The zero-order chi connectivity index (χ0) is 18.0. The van der Waals surface area contributed by atoms with E-state index in [9.17, 15) is 0 Å². The van der Waals surface area contributed by atoms with E-state index in [-0.39, 0.29) is 0 Å². The summed E-state index contributed by atoms with van der Waals surface area (Å²) in [5.74, 6) is 0.711. The fourth-order valence-electron chi connectivity index (χ4n) is 2.48. The molecule has 0 radical (unpaired) electrons. The summed E-state index contributed by atoms with van der Waals surface area (Å²) in [6.45, 7) is 6.75. The summed E-state index contributed by atoms with van der Waals surface area (Å²) in [5.41, 5.74) is 7.23. The first-order chi connectivity index (χ1) is 12.1. The van der Waals surface area contributed by atoms with Gasteiger partial charge in [-0.1, -0.05) is 13.8 Å². The number of hydrogen-bond donors (Lipinski definition) is 2. The number of imidazole rings is 1. The van der Waals surface area contributed by atoms with Gasteiger partial charge in [0.25, 0.3) is 0 Å². The van der Waals surface area contributed by atoms with Crippen LogP contribution in [-0.4, -0.2) is 37.3 Å². The second kappa shape index (κ2) is 7.51. The number of hydrogen-bond acceptors (Lipinski definition) is 7. The van der Waals surface area contributed by atoms with Crippen molar-refractivity contribution in [1.29, 1.82) is 0 Å². The van der Waals surface area contributed by atoms with Crippen LogP contribution in [0, 0.1) is 6.92 Å². The van der Waals surface area contributed by atoms with Crippen molar-refractivity contribution >= 4 is 49.5 Å². The molecule has 0 saturated carbocycles. The van der Waals surface area contributed by atoms with Gasteiger partial charge in [-0.15, -0.1) is 0 Å². The van der Waals surface area contributed by atoms with E-state index >= 15 is 0 Å². The number of aryl methyl sites for hydroxylation is 1. The van der Waals surface area contributed by atoms with E-state index in [1.54, 1.807) is 6.20 Å². The van der Waals surface area contributed by atoms with Crippen LogP contribution in [0.3, 0.4) is 0 Å². The quantitative estimate of drug-likeness (QED) is 0.669. The van der Waals surface area contributed by atoms with Crippen molar-refractivity contribution in [1.82, 2.24) is 29.2 Å². The molecule has 0 spiro atoms. The number of nitrogens with one attached hydrogen (secondary N) is 2. The number of aromatic nitrogens is 4. The third-order valence-electron chi connectivity index (χ3n) is 3.65. The molecular weight excluding hydrogens is 402 g/mol. The van der Waals surface area contributed by atoms with E-state index in [0.29, 0.717) is 5.82 Å². The van der Waals surface area contributed by atoms with Gasteiger partial charge >= 0.3 is 0 Å². The Kier molecular flexibility index (Phi) is 5.36. The predicted octanol–water partition coefficient (Wildman–Crippen LogP) is 3.82. The molecule has 9 heteroatoms. The van der Waals surface area contributed by atoms with Crippen LogP contribution in [0.15, 0.2) is 29.3 Å². The van der Waals surface area contributed by atoms with Crippen LogP contribution in [-0.2, 0) is 0 Å². The van der Waals surface area contributed by atoms with Crippen molar-refractivity contribution in [3.63, 3.8) is 0 Å².